The molecule has 0 saturated carbocycles. The van der Waals surface area contributed by atoms with Crippen LogP contribution in [0.25, 0.3) is 0 Å². The standard InChI is InChI=1S/C14H13ClN4O/c1-3-10-11(7-16)14(19-18-12(10)4-2)20-9-5-6-13(15)17-8-9/h5-6,8H,3-4H2,1-2H3. The number of nitriles is 1. The van der Waals surface area contributed by atoms with Crippen LogP contribution in [-0.4, -0.2) is 15.2 Å². The quantitative estimate of drug-likeness (QED) is 0.807. The molecule has 20 heavy (non-hydrogen) atoms. The van der Waals surface area contributed by atoms with E-state index in [-0.39, 0.29) is 5.88 Å². The summed E-state index contributed by atoms with van der Waals surface area (Å²) in [7, 11) is 0. The molecule has 0 N–H and O–H groups in total. The second-order valence-electron chi connectivity index (χ2n) is 4.04. The monoisotopic (exact) mass is 288 g/mol. The third-order valence-corrected chi connectivity index (χ3v) is 3.06. The van der Waals surface area contributed by atoms with Gasteiger partial charge in [0.1, 0.15) is 22.5 Å². The van der Waals surface area contributed by atoms with Crippen molar-refractivity contribution in [3.63, 3.8) is 0 Å². The normalized spacial score (nSPS) is 10.1. The summed E-state index contributed by atoms with van der Waals surface area (Å²) in [6, 6.07) is 5.42. The number of nitrogens with zero attached hydrogens (tertiary/aromatic N) is 4. The average Bonchev–Trinajstić information content (AvgIpc) is 2.48. The summed E-state index contributed by atoms with van der Waals surface area (Å²) in [6.45, 7) is 3.96. The minimum atomic E-state index is 0.200. The largest absolute Gasteiger partial charge is 0.435 e. The van der Waals surface area contributed by atoms with Gasteiger partial charge >= 0.3 is 0 Å². The molecule has 102 valence electrons. The van der Waals surface area contributed by atoms with E-state index in [1.807, 2.05) is 13.8 Å². The fraction of sp³-hybridized carbons (Fsp3) is 0.286. The van der Waals surface area contributed by atoms with Crippen molar-refractivity contribution in [2.75, 3.05) is 0 Å². The number of rotatable bonds is 4. The molecular formula is C14H13ClN4O. The Kier molecular flexibility index (Phi) is 4.49. The molecule has 6 heteroatoms. The van der Waals surface area contributed by atoms with Gasteiger partial charge in [-0.3, -0.25) is 0 Å². The van der Waals surface area contributed by atoms with Gasteiger partial charge in [-0.25, -0.2) is 4.98 Å². The molecule has 0 radical (unpaired) electrons. The van der Waals surface area contributed by atoms with Crippen molar-refractivity contribution in [2.45, 2.75) is 26.7 Å². The van der Waals surface area contributed by atoms with Crippen molar-refractivity contribution >= 4 is 11.6 Å². The maximum atomic E-state index is 9.34. The van der Waals surface area contributed by atoms with Gasteiger partial charge in [-0.05, 0) is 30.5 Å². The highest BCUT2D eigenvalue weighted by molar-refractivity contribution is 6.29. The second kappa shape index (κ2) is 6.31. The Morgan fingerprint density at radius 1 is 1.25 bits per heavy atom. The number of aryl methyl sites for hydroxylation is 1. The lowest BCUT2D eigenvalue weighted by Gasteiger charge is -2.10. The molecule has 5 nitrogen and oxygen atoms in total. The third kappa shape index (κ3) is 2.86. The molecular weight excluding hydrogens is 276 g/mol. The highest BCUT2D eigenvalue weighted by Crippen LogP contribution is 2.26. The molecule has 0 aliphatic rings. The first-order valence-corrected chi connectivity index (χ1v) is 6.65. The summed E-state index contributed by atoms with van der Waals surface area (Å²) in [4.78, 5) is 3.92. The summed E-state index contributed by atoms with van der Waals surface area (Å²) in [5, 5.41) is 17.8. The van der Waals surface area contributed by atoms with Crippen LogP contribution in [-0.2, 0) is 12.8 Å². The Morgan fingerprint density at radius 3 is 2.60 bits per heavy atom. The average molecular weight is 289 g/mol. The Morgan fingerprint density at radius 2 is 2.05 bits per heavy atom. The first kappa shape index (κ1) is 14.2. The second-order valence-corrected chi connectivity index (χ2v) is 4.43. The van der Waals surface area contributed by atoms with Crippen LogP contribution < -0.4 is 4.74 Å². The molecule has 2 heterocycles. The van der Waals surface area contributed by atoms with Gasteiger partial charge in [-0.1, -0.05) is 25.4 Å². The van der Waals surface area contributed by atoms with Gasteiger partial charge < -0.3 is 4.74 Å². The lowest BCUT2D eigenvalue weighted by molar-refractivity contribution is 0.449. The van der Waals surface area contributed by atoms with Gasteiger partial charge in [0.2, 0.25) is 0 Å². The van der Waals surface area contributed by atoms with E-state index in [1.54, 1.807) is 12.1 Å². The van der Waals surface area contributed by atoms with E-state index < -0.39 is 0 Å². The van der Waals surface area contributed by atoms with Crippen molar-refractivity contribution in [1.82, 2.24) is 15.2 Å². The van der Waals surface area contributed by atoms with Gasteiger partial charge in [0.25, 0.3) is 5.88 Å². The van der Waals surface area contributed by atoms with E-state index in [0.29, 0.717) is 22.9 Å². The SMILES string of the molecule is CCc1nnc(Oc2ccc(Cl)nc2)c(C#N)c1CC. The van der Waals surface area contributed by atoms with Gasteiger partial charge in [0.05, 0.1) is 11.9 Å². The molecule has 0 unspecified atom stereocenters. The number of halogens is 1. The highest BCUT2D eigenvalue weighted by Gasteiger charge is 2.16. The van der Waals surface area contributed by atoms with Crippen molar-refractivity contribution in [1.29, 1.82) is 5.26 Å². The zero-order valence-electron chi connectivity index (χ0n) is 11.2. The predicted octanol–water partition coefficient (Wildman–Crippen LogP) is 3.31. The van der Waals surface area contributed by atoms with Crippen LogP contribution in [0, 0.1) is 11.3 Å². The number of aromatic nitrogens is 3. The van der Waals surface area contributed by atoms with Crippen LogP contribution >= 0.6 is 11.6 Å². The summed E-state index contributed by atoms with van der Waals surface area (Å²) in [5.41, 5.74) is 2.13. The molecule has 2 aromatic rings. The van der Waals surface area contributed by atoms with Crippen LogP contribution in [0.4, 0.5) is 0 Å². The van der Waals surface area contributed by atoms with Crippen molar-refractivity contribution < 1.29 is 4.74 Å². The summed E-state index contributed by atoms with van der Waals surface area (Å²) in [5.74, 6) is 0.664. The minimum Gasteiger partial charge on any atom is -0.435 e. The van der Waals surface area contributed by atoms with Crippen molar-refractivity contribution in [3.05, 3.63) is 40.3 Å². The first-order chi connectivity index (χ1) is 9.69. The molecule has 2 rings (SSSR count). The van der Waals surface area contributed by atoms with Crippen molar-refractivity contribution in [3.8, 4) is 17.7 Å². The molecule has 0 aliphatic carbocycles. The highest BCUT2D eigenvalue weighted by atomic mass is 35.5. The topological polar surface area (TPSA) is 71.7 Å². The first-order valence-electron chi connectivity index (χ1n) is 6.27. The summed E-state index contributed by atoms with van der Waals surface area (Å²) in [6.07, 6.45) is 2.91. The van der Waals surface area contributed by atoms with E-state index in [0.717, 1.165) is 17.7 Å². The van der Waals surface area contributed by atoms with Crippen LogP contribution in [0.5, 0.6) is 11.6 Å². The summed E-state index contributed by atoms with van der Waals surface area (Å²) < 4.78 is 5.58. The van der Waals surface area contributed by atoms with Crippen LogP contribution in [0.2, 0.25) is 5.15 Å². The zero-order chi connectivity index (χ0) is 14.5. The molecule has 0 amide bonds. The molecule has 0 aromatic carbocycles. The smallest absolute Gasteiger partial charge is 0.257 e. The number of ether oxygens (including phenoxy) is 1. The van der Waals surface area contributed by atoms with E-state index in [1.165, 1.54) is 6.20 Å². The van der Waals surface area contributed by atoms with Gasteiger partial charge in [-0.15, -0.1) is 5.10 Å². The number of hydrogen-bond donors (Lipinski definition) is 0. The summed E-state index contributed by atoms with van der Waals surface area (Å²) >= 11 is 5.71. The predicted molar refractivity (Wildman–Crippen MR) is 74.8 cm³/mol. The molecule has 2 aromatic heterocycles. The maximum Gasteiger partial charge on any atom is 0.257 e. The number of hydrogen-bond acceptors (Lipinski definition) is 5. The van der Waals surface area contributed by atoms with E-state index in [9.17, 15) is 5.26 Å². The molecule has 0 fully saturated rings. The van der Waals surface area contributed by atoms with E-state index in [2.05, 4.69) is 21.3 Å². The van der Waals surface area contributed by atoms with Crippen LogP contribution in [0.3, 0.4) is 0 Å². The van der Waals surface area contributed by atoms with Gasteiger partial charge in [0, 0.05) is 0 Å². The zero-order valence-corrected chi connectivity index (χ0v) is 12.0. The fourth-order valence-electron chi connectivity index (χ4n) is 1.88. The van der Waals surface area contributed by atoms with Crippen LogP contribution in [0.1, 0.15) is 30.7 Å². The lowest BCUT2D eigenvalue weighted by Crippen LogP contribution is -2.05. The van der Waals surface area contributed by atoms with Gasteiger partial charge in [-0.2, -0.15) is 10.4 Å². The Labute approximate surface area is 122 Å². The molecule has 0 saturated heterocycles. The van der Waals surface area contributed by atoms with E-state index >= 15 is 0 Å². The molecule has 0 atom stereocenters. The third-order valence-electron chi connectivity index (χ3n) is 2.84. The van der Waals surface area contributed by atoms with Gasteiger partial charge in [0.15, 0.2) is 0 Å². The minimum absolute atomic E-state index is 0.200. The Bertz CT molecular complexity index is 649. The molecule has 0 aliphatic heterocycles. The number of pyridine rings is 1. The Balaban J connectivity index is 2.42. The molecule has 0 bridgehead atoms. The van der Waals surface area contributed by atoms with E-state index in [4.69, 9.17) is 16.3 Å². The maximum absolute atomic E-state index is 9.34. The Hall–Kier alpha value is -2.19. The lowest BCUT2D eigenvalue weighted by atomic mass is 10.0. The molecule has 0 spiro atoms. The van der Waals surface area contributed by atoms with Crippen molar-refractivity contribution in [2.24, 2.45) is 0 Å². The van der Waals surface area contributed by atoms with Crippen LogP contribution in [0.15, 0.2) is 18.3 Å². The fourth-order valence-corrected chi connectivity index (χ4v) is 1.99.